The summed E-state index contributed by atoms with van der Waals surface area (Å²) in [5.41, 5.74) is 1.00. The molecule has 0 amide bonds. The van der Waals surface area contributed by atoms with Crippen LogP contribution in [0.25, 0.3) is 0 Å². The van der Waals surface area contributed by atoms with Crippen molar-refractivity contribution in [3.63, 3.8) is 0 Å². The van der Waals surface area contributed by atoms with Crippen LogP contribution in [-0.4, -0.2) is 13.7 Å². The van der Waals surface area contributed by atoms with Gasteiger partial charge in [0.1, 0.15) is 0 Å². The summed E-state index contributed by atoms with van der Waals surface area (Å²) >= 11 is 0. The maximum Gasteiger partial charge on any atom is 0.165 e. The standard InChI is InChI=1S/C10H12FNO/c1-13-10-3-2-7(6-8(10)11)9-4-5-12-9/h2-3,6,9,12H,4-5H2,1H3. The first kappa shape index (κ1) is 8.51. The van der Waals surface area contributed by atoms with Crippen LogP contribution < -0.4 is 10.1 Å². The molecule has 0 aliphatic carbocycles. The molecule has 1 N–H and O–H groups in total. The number of nitrogens with one attached hydrogen (secondary N) is 1. The molecule has 3 heteroatoms. The molecule has 0 bridgehead atoms. The van der Waals surface area contributed by atoms with Gasteiger partial charge in [-0.1, -0.05) is 6.07 Å². The Morgan fingerprint density at radius 2 is 2.31 bits per heavy atom. The molecule has 1 aromatic carbocycles. The Labute approximate surface area is 76.7 Å². The zero-order chi connectivity index (χ0) is 9.26. The minimum atomic E-state index is -0.284. The SMILES string of the molecule is COc1ccc(C2CCN2)cc1F. The highest BCUT2D eigenvalue weighted by Crippen LogP contribution is 2.26. The largest absolute Gasteiger partial charge is 0.494 e. The minimum Gasteiger partial charge on any atom is -0.494 e. The van der Waals surface area contributed by atoms with Crippen LogP contribution in [0.4, 0.5) is 4.39 Å². The second-order valence-electron chi connectivity index (χ2n) is 3.19. The summed E-state index contributed by atoms with van der Waals surface area (Å²) in [5.74, 6) is 0.0248. The summed E-state index contributed by atoms with van der Waals surface area (Å²) in [6.45, 7) is 1.03. The molecular formula is C10H12FNO. The Morgan fingerprint density at radius 1 is 1.54 bits per heavy atom. The van der Waals surface area contributed by atoms with Crippen molar-refractivity contribution in [2.24, 2.45) is 0 Å². The predicted octanol–water partition coefficient (Wildman–Crippen LogP) is 1.87. The van der Waals surface area contributed by atoms with Crippen LogP contribution >= 0.6 is 0 Å². The molecule has 2 rings (SSSR count). The average molecular weight is 181 g/mol. The van der Waals surface area contributed by atoms with E-state index < -0.39 is 0 Å². The Balaban J connectivity index is 2.24. The molecule has 1 unspecified atom stereocenters. The van der Waals surface area contributed by atoms with E-state index >= 15 is 0 Å². The van der Waals surface area contributed by atoms with Gasteiger partial charge >= 0.3 is 0 Å². The van der Waals surface area contributed by atoms with Crippen LogP contribution in [-0.2, 0) is 0 Å². The number of methoxy groups -OCH3 is 1. The zero-order valence-electron chi connectivity index (χ0n) is 7.51. The van der Waals surface area contributed by atoms with Crippen molar-refractivity contribution in [3.05, 3.63) is 29.6 Å². The Bertz CT molecular complexity index is 310. The molecule has 0 spiro atoms. The van der Waals surface area contributed by atoms with Crippen molar-refractivity contribution >= 4 is 0 Å². The van der Waals surface area contributed by atoms with Crippen LogP contribution in [0.1, 0.15) is 18.0 Å². The monoisotopic (exact) mass is 181 g/mol. The molecule has 1 saturated heterocycles. The molecule has 1 aromatic rings. The van der Waals surface area contributed by atoms with Crippen LogP contribution in [0, 0.1) is 5.82 Å². The lowest BCUT2D eigenvalue weighted by atomic mass is 9.98. The number of hydrogen-bond donors (Lipinski definition) is 1. The van der Waals surface area contributed by atoms with Gasteiger partial charge in [-0.2, -0.15) is 0 Å². The lowest BCUT2D eigenvalue weighted by Gasteiger charge is -2.28. The normalized spacial score (nSPS) is 20.9. The van der Waals surface area contributed by atoms with Crippen LogP contribution in [0.5, 0.6) is 5.75 Å². The highest BCUT2D eigenvalue weighted by atomic mass is 19.1. The van der Waals surface area contributed by atoms with Gasteiger partial charge in [0.25, 0.3) is 0 Å². The molecule has 13 heavy (non-hydrogen) atoms. The van der Waals surface area contributed by atoms with Crippen LogP contribution in [0.3, 0.4) is 0 Å². The molecule has 1 aliphatic rings. The third kappa shape index (κ3) is 1.52. The first-order valence-electron chi connectivity index (χ1n) is 4.38. The molecule has 1 fully saturated rings. The Morgan fingerprint density at radius 3 is 2.77 bits per heavy atom. The quantitative estimate of drug-likeness (QED) is 0.752. The van der Waals surface area contributed by atoms with Gasteiger partial charge in [0, 0.05) is 6.04 Å². The Hall–Kier alpha value is -1.09. The molecular weight excluding hydrogens is 169 g/mol. The van der Waals surface area contributed by atoms with E-state index in [1.807, 2.05) is 6.07 Å². The van der Waals surface area contributed by atoms with Crippen molar-refractivity contribution in [3.8, 4) is 5.75 Å². The second-order valence-corrected chi connectivity index (χ2v) is 3.19. The fraction of sp³-hybridized carbons (Fsp3) is 0.400. The van der Waals surface area contributed by atoms with E-state index in [0.717, 1.165) is 18.5 Å². The smallest absolute Gasteiger partial charge is 0.165 e. The van der Waals surface area contributed by atoms with Crippen LogP contribution in [0.2, 0.25) is 0 Å². The lowest BCUT2D eigenvalue weighted by molar-refractivity contribution is 0.371. The number of benzene rings is 1. The minimum absolute atomic E-state index is 0.284. The van der Waals surface area contributed by atoms with E-state index in [4.69, 9.17) is 4.74 Å². The number of halogens is 1. The topological polar surface area (TPSA) is 21.3 Å². The summed E-state index contributed by atoms with van der Waals surface area (Å²) < 4.78 is 18.1. The molecule has 0 saturated carbocycles. The summed E-state index contributed by atoms with van der Waals surface area (Å²) in [4.78, 5) is 0. The number of ether oxygens (including phenoxy) is 1. The molecule has 1 atom stereocenters. The van der Waals surface area contributed by atoms with E-state index in [9.17, 15) is 4.39 Å². The molecule has 0 aromatic heterocycles. The highest BCUT2D eigenvalue weighted by molar-refractivity contribution is 5.31. The van der Waals surface area contributed by atoms with Gasteiger partial charge in [-0.15, -0.1) is 0 Å². The zero-order valence-corrected chi connectivity index (χ0v) is 7.51. The van der Waals surface area contributed by atoms with Crippen molar-refractivity contribution < 1.29 is 9.13 Å². The van der Waals surface area contributed by atoms with Gasteiger partial charge in [0.05, 0.1) is 7.11 Å². The third-order valence-corrected chi connectivity index (χ3v) is 2.40. The summed E-state index contributed by atoms with van der Waals surface area (Å²) in [5, 5.41) is 3.22. The van der Waals surface area contributed by atoms with Crippen molar-refractivity contribution in [2.45, 2.75) is 12.5 Å². The number of rotatable bonds is 2. The van der Waals surface area contributed by atoms with Crippen LogP contribution in [0.15, 0.2) is 18.2 Å². The molecule has 1 aliphatic heterocycles. The predicted molar refractivity (Wildman–Crippen MR) is 48.3 cm³/mol. The number of hydrogen-bond acceptors (Lipinski definition) is 2. The van der Waals surface area contributed by atoms with Crippen molar-refractivity contribution in [1.29, 1.82) is 0 Å². The summed E-state index contributed by atoms with van der Waals surface area (Å²) in [6.07, 6.45) is 1.09. The molecule has 2 nitrogen and oxygen atoms in total. The summed E-state index contributed by atoms with van der Waals surface area (Å²) in [7, 11) is 1.47. The van der Waals surface area contributed by atoms with Crippen molar-refractivity contribution in [2.75, 3.05) is 13.7 Å². The van der Waals surface area contributed by atoms with E-state index in [-0.39, 0.29) is 5.82 Å². The van der Waals surface area contributed by atoms with Gasteiger partial charge in [0.2, 0.25) is 0 Å². The maximum atomic E-state index is 13.2. The first-order chi connectivity index (χ1) is 6.31. The first-order valence-corrected chi connectivity index (χ1v) is 4.38. The van der Waals surface area contributed by atoms with E-state index in [1.54, 1.807) is 6.07 Å². The van der Waals surface area contributed by atoms with Gasteiger partial charge < -0.3 is 10.1 Å². The molecule has 1 heterocycles. The fourth-order valence-corrected chi connectivity index (χ4v) is 1.47. The van der Waals surface area contributed by atoms with Gasteiger partial charge in [-0.05, 0) is 30.7 Å². The average Bonchev–Trinajstić information content (AvgIpc) is 2.01. The van der Waals surface area contributed by atoms with Gasteiger partial charge in [0.15, 0.2) is 11.6 Å². The molecule has 70 valence electrons. The van der Waals surface area contributed by atoms with E-state index in [1.165, 1.54) is 13.2 Å². The van der Waals surface area contributed by atoms with Gasteiger partial charge in [-0.3, -0.25) is 0 Å². The lowest BCUT2D eigenvalue weighted by Crippen LogP contribution is -2.34. The van der Waals surface area contributed by atoms with E-state index in [2.05, 4.69) is 5.32 Å². The third-order valence-electron chi connectivity index (χ3n) is 2.40. The second kappa shape index (κ2) is 3.34. The summed E-state index contributed by atoms with van der Waals surface area (Å²) in [6, 6.07) is 5.44. The van der Waals surface area contributed by atoms with E-state index in [0.29, 0.717) is 11.8 Å². The fourth-order valence-electron chi connectivity index (χ4n) is 1.47. The Kier molecular flexibility index (Phi) is 2.19. The molecule has 0 radical (unpaired) electrons. The maximum absolute atomic E-state index is 13.2. The van der Waals surface area contributed by atoms with Gasteiger partial charge in [-0.25, -0.2) is 4.39 Å². The highest BCUT2D eigenvalue weighted by Gasteiger charge is 2.19. The van der Waals surface area contributed by atoms with Crippen molar-refractivity contribution in [1.82, 2.24) is 5.32 Å².